The Bertz CT molecular complexity index is 4650. The average Bonchev–Trinajstić information content (AvgIpc) is 1.50. The highest BCUT2D eigenvalue weighted by Gasteiger charge is 2.31. The Balaban J connectivity index is 0.868. The van der Waals surface area contributed by atoms with Gasteiger partial charge in [-0.3, -0.25) is 0 Å². The second-order valence-corrected chi connectivity index (χ2v) is 23.2. The summed E-state index contributed by atoms with van der Waals surface area (Å²) in [5.74, 6) is 15.4. The zero-order chi connectivity index (χ0) is 67.6. The van der Waals surface area contributed by atoms with Crippen LogP contribution in [0.1, 0.15) is 0 Å². The molecule has 16 aromatic rings. The highest BCUT2D eigenvalue weighted by molar-refractivity contribution is 6.47. The monoisotopic (exact) mass is 1320 g/mol. The van der Waals surface area contributed by atoms with Crippen LogP contribution in [-0.4, -0.2) is 35.5 Å². The van der Waals surface area contributed by atoms with Gasteiger partial charge in [0.05, 0.1) is 35.5 Å². The van der Waals surface area contributed by atoms with Crippen molar-refractivity contribution in [2.75, 3.05) is 35.5 Å². The smallest absolute Gasteiger partial charge is 0.136 e. The van der Waals surface area contributed by atoms with E-state index in [2.05, 4.69) is 0 Å². The Labute approximate surface area is 574 Å². The summed E-state index contributed by atoms with van der Waals surface area (Å²) in [7, 11) is 8.16. The highest BCUT2D eigenvalue weighted by atomic mass is 16.5. The van der Waals surface area contributed by atoms with Gasteiger partial charge in [0, 0.05) is 53.9 Å². The molecule has 490 valence electrons. The molecule has 0 saturated carbocycles. The summed E-state index contributed by atoms with van der Waals surface area (Å²) < 4.78 is 94.1. The summed E-state index contributed by atoms with van der Waals surface area (Å²) in [5.41, 5.74) is 0. The lowest BCUT2D eigenvalue weighted by Crippen LogP contribution is -1.93. The van der Waals surface area contributed by atoms with Gasteiger partial charge in [0.15, 0.2) is 0 Å². The van der Waals surface area contributed by atoms with Gasteiger partial charge in [-0.2, -0.15) is 0 Å². The maximum Gasteiger partial charge on any atom is 0.136 e. The molecule has 0 radical (unpaired) electrons. The van der Waals surface area contributed by atoms with Crippen LogP contribution >= 0.6 is 0 Å². The molecule has 0 heterocycles. The fourth-order valence-corrected chi connectivity index (χ4v) is 12.2. The van der Waals surface area contributed by atoms with Crippen LogP contribution in [0.4, 0.5) is 0 Å². The van der Waals surface area contributed by atoms with Crippen LogP contribution in [0.25, 0.3) is 53.9 Å². The van der Waals surface area contributed by atoms with Crippen molar-refractivity contribution in [2.24, 2.45) is 0 Å². The number of ether oxygens (including phenoxy) is 15. The van der Waals surface area contributed by atoms with E-state index in [0.717, 1.165) is 82.6 Å². The molecule has 0 unspecified atom stereocenters. The second-order valence-electron chi connectivity index (χ2n) is 23.2. The van der Waals surface area contributed by atoms with Gasteiger partial charge in [-0.25, -0.2) is 0 Å². The topological polar surface area (TPSA) is 138 Å². The first kappa shape index (κ1) is 61.5. The van der Waals surface area contributed by atoms with Gasteiger partial charge in [0.2, 0.25) is 0 Å². The Morgan fingerprint density at radius 2 is 0.230 bits per heavy atom. The third-order valence-corrected chi connectivity index (χ3v) is 17.0. The minimum atomic E-state index is 0.528. The molecule has 0 aromatic heterocycles. The molecule has 15 heteroatoms. The number of benzene rings is 15. The van der Waals surface area contributed by atoms with Crippen molar-refractivity contribution in [1.82, 2.24) is 0 Å². The maximum absolute atomic E-state index is 7.15. The van der Waals surface area contributed by atoms with Crippen molar-refractivity contribution in [1.29, 1.82) is 0 Å². The predicted octanol–water partition coefficient (Wildman–Crippen LogP) is 23.7. The molecule has 0 spiro atoms. The van der Waals surface area contributed by atoms with Crippen molar-refractivity contribution in [3.8, 4) is 144 Å². The van der Waals surface area contributed by atoms with Crippen LogP contribution in [0.2, 0.25) is 0 Å². The van der Waals surface area contributed by atoms with Gasteiger partial charge >= 0.3 is 0 Å². The lowest BCUT2D eigenvalue weighted by molar-refractivity contribution is 0.412. The standard InChI is InChI=1S/C85H60O15/c1-86-51-6-16-56(17-7-51)91-61-26-36-66(37-27-61)96-76-46-72-78(98-68-40-30-63(31-41-68)93-58-20-10-53(88-3)11-21-58)48-74-80(100-70-44-34-65(35-45-70)95-60-24-14-55(90-5)15-25-60)50-75-79(99-69-42-32-64(33-43-69)94-59-22-12-54(89-4)13-23-59)49-73-77(47-71(76)81-82(72)84(74)85(75)83(73)81)97-67-38-28-62(29-39-67)92-57-18-8-52(87-2)9-19-57/h6-50H,1-5H3. The van der Waals surface area contributed by atoms with E-state index in [1.54, 1.807) is 35.5 Å². The van der Waals surface area contributed by atoms with E-state index in [1.165, 1.54) is 0 Å². The quantitative estimate of drug-likeness (QED) is 0.0501. The molecule has 16 aromatic carbocycles. The summed E-state index contributed by atoms with van der Waals surface area (Å²) in [6, 6.07) is 84.9. The van der Waals surface area contributed by atoms with Gasteiger partial charge in [-0.1, -0.05) is 0 Å². The van der Waals surface area contributed by atoms with Gasteiger partial charge < -0.3 is 71.1 Å². The summed E-state index contributed by atoms with van der Waals surface area (Å²) in [5, 5.41) is 8.33. The third-order valence-electron chi connectivity index (χ3n) is 17.0. The van der Waals surface area contributed by atoms with Crippen LogP contribution in [0, 0.1) is 0 Å². The van der Waals surface area contributed by atoms with Gasteiger partial charge in [-0.15, -0.1) is 0 Å². The molecule has 16 rings (SSSR count). The van der Waals surface area contributed by atoms with Crippen LogP contribution in [0.15, 0.2) is 273 Å². The first-order chi connectivity index (χ1) is 49.2. The van der Waals surface area contributed by atoms with Crippen LogP contribution in [0.5, 0.6) is 144 Å². The number of rotatable bonds is 25. The number of hydrogen-bond acceptors (Lipinski definition) is 15. The van der Waals surface area contributed by atoms with Crippen molar-refractivity contribution in [3.63, 3.8) is 0 Å². The van der Waals surface area contributed by atoms with E-state index in [-0.39, 0.29) is 0 Å². The van der Waals surface area contributed by atoms with E-state index < -0.39 is 0 Å². The normalized spacial score (nSPS) is 11.2. The molecule has 0 aliphatic carbocycles. The highest BCUT2D eigenvalue weighted by Crippen LogP contribution is 2.59. The first-order valence-electron chi connectivity index (χ1n) is 32.0. The molecule has 0 fully saturated rings. The summed E-state index contributed by atoms with van der Waals surface area (Å²) >= 11 is 0. The van der Waals surface area contributed by atoms with Crippen molar-refractivity contribution < 1.29 is 71.1 Å². The lowest BCUT2D eigenvalue weighted by Gasteiger charge is -2.17. The molecule has 0 amide bonds. The molecule has 0 saturated heterocycles. The zero-order valence-electron chi connectivity index (χ0n) is 54.6. The molecular formula is C85H60O15. The van der Waals surface area contributed by atoms with Crippen molar-refractivity contribution in [3.05, 3.63) is 273 Å². The minimum Gasteiger partial charge on any atom is -0.497 e. The van der Waals surface area contributed by atoms with E-state index >= 15 is 0 Å². The van der Waals surface area contributed by atoms with Crippen LogP contribution < -0.4 is 71.1 Å². The Kier molecular flexibility index (Phi) is 16.4. The average molecular weight is 1320 g/mol. The second kappa shape index (κ2) is 26.7. The van der Waals surface area contributed by atoms with E-state index in [1.807, 2.05) is 273 Å². The fraction of sp³-hybridized carbons (Fsp3) is 0.0588. The molecule has 0 N–H and O–H groups in total. The summed E-state index contributed by atoms with van der Waals surface area (Å²) in [6.07, 6.45) is 0. The molecule has 0 bridgehead atoms. The zero-order valence-corrected chi connectivity index (χ0v) is 54.6. The third kappa shape index (κ3) is 12.6. The lowest BCUT2D eigenvalue weighted by atomic mass is 9.97. The molecule has 15 nitrogen and oxygen atoms in total. The SMILES string of the molecule is COc1ccc(Oc2ccc(Oc3cc4c(Oc5ccc(Oc6ccc(OC)cc6)cc5)cc5c(Oc6ccc(Oc7ccc(OC)cc7)cc6)cc6c(Oc7ccc(Oc8ccc(OC)cc8)cc7)cc7c(Oc8ccc(Oc9ccc(OC)cc9)cc8)cc3c3c7c6c5c43)cc2)cc1. The maximum atomic E-state index is 7.15. The first-order valence-corrected chi connectivity index (χ1v) is 32.0. The molecule has 0 aliphatic rings. The van der Waals surface area contributed by atoms with Crippen molar-refractivity contribution in [2.45, 2.75) is 0 Å². The Hall–Kier alpha value is -13.4. The van der Waals surface area contributed by atoms with Gasteiger partial charge in [0.25, 0.3) is 0 Å². The predicted molar refractivity (Wildman–Crippen MR) is 385 cm³/mol. The van der Waals surface area contributed by atoms with Crippen molar-refractivity contribution >= 4 is 53.9 Å². The van der Waals surface area contributed by atoms with Gasteiger partial charge in [-0.05, 0) is 273 Å². The molecule has 0 aliphatic heterocycles. The minimum absolute atomic E-state index is 0.528. The van der Waals surface area contributed by atoms with Gasteiger partial charge in [0.1, 0.15) is 144 Å². The summed E-state index contributed by atoms with van der Waals surface area (Å²) in [4.78, 5) is 0. The summed E-state index contributed by atoms with van der Waals surface area (Å²) in [6.45, 7) is 0. The largest absolute Gasteiger partial charge is 0.497 e. The molecule has 100 heavy (non-hydrogen) atoms. The Morgan fingerprint density at radius 3 is 0.340 bits per heavy atom. The van der Waals surface area contributed by atoms with Crippen LogP contribution in [-0.2, 0) is 0 Å². The van der Waals surface area contributed by atoms with E-state index in [0.29, 0.717) is 115 Å². The molecule has 0 atom stereocenters. The number of methoxy groups -OCH3 is 5. The van der Waals surface area contributed by atoms with Crippen LogP contribution in [0.3, 0.4) is 0 Å². The fourth-order valence-electron chi connectivity index (χ4n) is 12.2. The Morgan fingerprint density at radius 1 is 0.130 bits per heavy atom. The van der Waals surface area contributed by atoms with E-state index in [9.17, 15) is 0 Å². The molecular weight excluding hydrogens is 1260 g/mol. The van der Waals surface area contributed by atoms with E-state index in [4.69, 9.17) is 71.1 Å². The number of hydrogen-bond donors (Lipinski definition) is 0.